The van der Waals surface area contributed by atoms with Gasteiger partial charge in [0.05, 0.1) is 20.4 Å². The lowest BCUT2D eigenvalue weighted by molar-refractivity contribution is 0.101. The van der Waals surface area contributed by atoms with Crippen molar-refractivity contribution < 1.29 is 4.79 Å². The molecule has 0 aliphatic rings. The van der Waals surface area contributed by atoms with Crippen LogP contribution in [-0.4, -0.2) is 15.5 Å². The van der Waals surface area contributed by atoms with Crippen molar-refractivity contribution in [1.82, 2.24) is 9.55 Å². The molecule has 0 saturated carbocycles. The minimum Gasteiger partial charge on any atom is -0.333 e. The van der Waals surface area contributed by atoms with E-state index in [4.69, 9.17) is 0 Å². The van der Waals surface area contributed by atoms with Crippen LogP contribution in [0.25, 0.3) is 20.4 Å². The summed E-state index contributed by atoms with van der Waals surface area (Å²) >= 11 is 3.18. The minimum absolute atomic E-state index is 0.106. The van der Waals surface area contributed by atoms with Gasteiger partial charge < -0.3 is 4.57 Å². The Labute approximate surface area is 160 Å². The minimum atomic E-state index is -0.106. The van der Waals surface area contributed by atoms with Gasteiger partial charge in [-0.15, -0.1) is 11.3 Å². The summed E-state index contributed by atoms with van der Waals surface area (Å²) in [6.07, 6.45) is 0. The van der Waals surface area contributed by atoms with Crippen LogP contribution >= 0.6 is 22.7 Å². The van der Waals surface area contributed by atoms with Crippen LogP contribution in [0.2, 0.25) is 0 Å². The second-order valence-electron chi connectivity index (χ2n) is 7.02. The van der Waals surface area contributed by atoms with Gasteiger partial charge in [0.25, 0.3) is 5.91 Å². The zero-order valence-electron chi connectivity index (χ0n) is 15.2. The largest absolute Gasteiger partial charge is 0.333 e. The number of carbonyl (C=O) groups excluding carboxylic acids is 1. The lowest BCUT2D eigenvalue weighted by Crippen LogP contribution is -2.18. The predicted octanol–water partition coefficient (Wildman–Crippen LogP) is 6.27. The Hall–Kier alpha value is -2.18. The van der Waals surface area contributed by atoms with Gasteiger partial charge >= 0.3 is 0 Å². The number of carbonyl (C=O) groups is 1. The lowest BCUT2D eigenvalue weighted by atomic mass is 10.0. The Morgan fingerprint density at radius 3 is 2.65 bits per heavy atom. The number of anilines is 1. The summed E-state index contributed by atoms with van der Waals surface area (Å²) in [6.45, 7) is 8.55. The molecule has 3 aromatic heterocycles. The number of fused-ring (bicyclic) bond motifs is 2. The van der Waals surface area contributed by atoms with E-state index in [2.05, 4.69) is 66.1 Å². The molecular formula is C20H21N3OS2. The van der Waals surface area contributed by atoms with Crippen LogP contribution in [0.4, 0.5) is 5.13 Å². The molecule has 0 saturated heterocycles. The third-order valence-corrected chi connectivity index (χ3v) is 6.30. The van der Waals surface area contributed by atoms with Crippen molar-refractivity contribution in [2.24, 2.45) is 0 Å². The van der Waals surface area contributed by atoms with E-state index in [1.807, 2.05) is 12.1 Å². The number of nitrogens with zero attached hydrogens (tertiary/aromatic N) is 2. The number of hydrogen-bond donors (Lipinski definition) is 1. The number of benzene rings is 1. The Kier molecular flexibility index (Phi) is 4.32. The van der Waals surface area contributed by atoms with Crippen LogP contribution in [0.1, 0.15) is 55.7 Å². The van der Waals surface area contributed by atoms with Crippen LogP contribution in [0.5, 0.6) is 0 Å². The molecule has 0 aliphatic carbocycles. The molecule has 6 heteroatoms. The molecular weight excluding hydrogens is 362 g/mol. The highest BCUT2D eigenvalue weighted by molar-refractivity contribution is 7.22. The molecule has 134 valence electrons. The molecule has 1 N–H and O–H groups in total. The highest BCUT2D eigenvalue weighted by Gasteiger charge is 2.19. The standard InChI is InChI=1S/C20H21N3OS2/c1-11(2)13-5-6-14-17(9-13)26-20(21-14)22-19(24)16-10-18-15(7-8-25-18)23(16)12(3)4/h5-12H,1-4H3,(H,21,22,24). The quantitative estimate of drug-likeness (QED) is 0.451. The summed E-state index contributed by atoms with van der Waals surface area (Å²) in [5.74, 6) is 0.368. The van der Waals surface area contributed by atoms with E-state index in [0.29, 0.717) is 16.7 Å². The summed E-state index contributed by atoms with van der Waals surface area (Å²) in [7, 11) is 0. The van der Waals surface area contributed by atoms with E-state index in [0.717, 1.165) is 20.4 Å². The van der Waals surface area contributed by atoms with Gasteiger partial charge in [-0.2, -0.15) is 0 Å². The topological polar surface area (TPSA) is 46.9 Å². The molecule has 0 spiro atoms. The average molecular weight is 384 g/mol. The predicted molar refractivity (Wildman–Crippen MR) is 112 cm³/mol. The summed E-state index contributed by atoms with van der Waals surface area (Å²) in [4.78, 5) is 17.5. The fraction of sp³-hybridized carbons (Fsp3) is 0.300. The first-order chi connectivity index (χ1) is 12.4. The fourth-order valence-electron chi connectivity index (χ4n) is 3.19. The van der Waals surface area contributed by atoms with E-state index in [1.54, 1.807) is 11.3 Å². The maximum Gasteiger partial charge on any atom is 0.274 e. The highest BCUT2D eigenvalue weighted by Crippen LogP contribution is 2.31. The van der Waals surface area contributed by atoms with E-state index in [-0.39, 0.29) is 11.9 Å². The van der Waals surface area contributed by atoms with Crippen LogP contribution in [-0.2, 0) is 0 Å². The Bertz CT molecular complexity index is 1100. The fourth-order valence-corrected chi connectivity index (χ4v) is 4.91. The third kappa shape index (κ3) is 2.93. The third-order valence-electron chi connectivity index (χ3n) is 4.51. The monoisotopic (exact) mass is 383 g/mol. The number of aromatic nitrogens is 2. The van der Waals surface area contributed by atoms with Crippen molar-refractivity contribution in [2.75, 3.05) is 5.32 Å². The smallest absolute Gasteiger partial charge is 0.274 e. The number of nitrogens with one attached hydrogen (secondary N) is 1. The summed E-state index contributed by atoms with van der Waals surface area (Å²) in [6, 6.07) is 10.6. The van der Waals surface area contributed by atoms with Crippen LogP contribution in [0.3, 0.4) is 0 Å². The Morgan fingerprint density at radius 1 is 1.12 bits per heavy atom. The van der Waals surface area contributed by atoms with Gasteiger partial charge in [-0.25, -0.2) is 4.98 Å². The van der Waals surface area contributed by atoms with Crippen molar-refractivity contribution in [3.63, 3.8) is 0 Å². The van der Waals surface area contributed by atoms with Crippen molar-refractivity contribution in [3.05, 3.63) is 47.0 Å². The van der Waals surface area contributed by atoms with Gasteiger partial charge in [0.15, 0.2) is 5.13 Å². The first-order valence-electron chi connectivity index (χ1n) is 8.74. The van der Waals surface area contributed by atoms with Gasteiger partial charge in [-0.05, 0) is 55.0 Å². The van der Waals surface area contributed by atoms with E-state index in [9.17, 15) is 4.79 Å². The van der Waals surface area contributed by atoms with E-state index < -0.39 is 0 Å². The second kappa shape index (κ2) is 6.52. The molecule has 4 nitrogen and oxygen atoms in total. The molecule has 0 radical (unpaired) electrons. The maximum absolute atomic E-state index is 12.9. The van der Waals surface area contributed by atoms with Crippen molar-refractivity contribution in [3.8, 4) is 0 Å². The molecule has 0 fully saturated rings. The van der Waals surface area contributed by atoms with Crippen molar-refractivity contribution in [2.45, 2.75) is 39.7 Å². The summed E-state index contributed by atoms with van der Waals surface area (Å²) < 4.78 is 4.33. The number of thiazole rings is 1. The van der Waals surface area contributed by atoms with Crippen LogP contribution in [0, 0.1) is 0 Å². The normalized spacial score (nSPS) is 11.9. The molecule has 4 aromatic rings. The lowest BCUT2D eigenvalue weighted by Gasteiger charge is -2.13. The number of amides is 1. The van der Waals surface area contributed by atoms with E-state index >= 15 is 0 Å². The van der Waals surface area contributed by atoms with E-state index in [1.165, 1.54) is 16.9 Å². The SMILES string of the molecule is CC(C)c1ccc2nc(NC(=O)c3cc4sccc4n3C(C)C)sc2c1. The molecule has 26 heavy (non-hydrogen) atoms. The summed E-state index contributed by atoms with van der Waals surface area (Å²) in [5, 5.41) is 5.70. The Morgan fingerprint density at radius 2 is 1.92 bits per heavy atom. The van der Waals surface area contributed by atoms with Crippen LogP contribution in [0.15, 0.2) is 35.7 Å². The number of hydrogen-bond acceptors (Lipinski definition) is 4. The molecule has 1 aromatic carbocycles. The average Bonchev–Trinajstić information content (AvgIpc) is 3.26. The highest BCUT2D eigenvalue weighted by atomic mass is 32.1. The van der Waals surface area contributed by atoms with Gasteiger partial charge in [-0.1, -0.05) is 31.3 Å². The Balaban J connectivity index is 1.67. The van der Waals surface area contributed by atoms with Crippen molar-refractivity contribution in [1.29, 1.82) is 0 Å². The van der Waals surface area contributed by atoms with Gasteiger partial charge in [0.1, 0.15) is 5.69 Å². The van der Waals surface area contributed by atoms with Crippen LogP contribution < -0.4 is 5.32 Å². The molecule has 4 rings (SSSR count). The molecule has 3 heterocycles. The molecule has 0 aliphatic heterocycles. The van der Waals surface area contributed by atoms with Crippen molar-refractivity contribution >= 4 is 54.1 Å². The van der Waals surface area contributed by atoms with Gasteiger partial charge in [0, 0.05) is 6.04 Å². The maximum atomic E-state index is 12.9. The first-order valence-corrected chi connectivity index (χ1v) is 10.4. The molecule has 0 atom stereocenters. The number of thiophene rings is 1. The molecule has 1 amide bonds. The zero-order valence-corrected chi connectivity index (χ0v) is 16.9. The summed E-state index contributed by atoms with van der Waals surface area (Å²) in [5.41, 5.74) is 4.01. The zero-order chi connectivity index (χ0) is 18.4. The molecule has 0 unspecified atom stereocenters. The molecule has 0 bridgehead atoms. The van der Waals surface area contributed by atoms with Gasteiger partial charge in [-0.3, -0.25) is 10.1 Å². The van der Waals surface area contributed by atoms with Gasteiger partial charge in [0.2, 0.25) is 0 Å². The first kappa shape index (κ1) is 17.2. The second-order valence-corrected chi connectivity index (χ2v) is 9.00. The number of rotatable bonds is 4.